The maximum atomic E-state index is 11.3. The molecule has 5 heteroatoms. The van der Waals surface area contributed by atoms with E-state index in [4.69, 9.17) is 27.9 Å². The maximum Gasteiger partial charge on any atom is 0.411 e. The summed E-state index contributed by atoms with van der Waals surface area (Å²) in [7, 11) is 0. The number of amides is 1. The first kappa shape index (κ1) is 13.1. The molecule has 16 heavy (non-hydrogen) atoms. The third-order valence-corrected chi connectivity index (χ3v) is 2.28. The fourth-order valence-corrected chi connectivity index (χ4v) is 1.62. The number of carbonyl (C=O) groups excluding carboxylic acids is 1. The molecule has 1 aromatic rings. The number of benzene rings is 1. The van der Waals surface area contributed by atoms with Gasteiger partial charge in [0.2, 0.25) is 0 Å². The Kier molecular flexibility index (Phi) is 5.43. The topological polar surface area (TPSA) is 38.3 Å². The van der Waals surface area contributed by atoms with Crippen molar-refractivity contribution in [1.29, 1.82) is 0 Å². The van der Waals surface area contributed by atoms with E-state index in [1.54, 1.807) is 18.2 Å². The van der Waals surface area contributed by atoms with Gasteiger partial charge in [-0.1, -0.05) is 36.5 Å². The summed E-state index contributed by atoms with van der Waals surface area (Å²) in [4.78, 5) is 11.3. The van der Waals surface area contributed by atoms with Crippen molar-refractivity contribution >= 4 is 35.0 Å². The molecule has 0 aliphatic heterocycles. The minimum absolute atomic E-state index is 0.413. The average molecular weight is 262 g/mol. The predicted octanol–water partition coefficient (Wildman–Crippen LogP) is 4.34. The quantitative estimate of drug-likeness (QED) is 0.819. The van der Waals surface area contributed by atoms with Gasteiger partial charge in [0.25, 0.3) is 0 Å². The molecule has 0 aromatic heterocycles. The number of nitrogens with one attached hydrogen (secondary N) is 1. The van der Waals surface area contributed by atoms with Crippen LogP contribution in [0.4, 0.5) is 10.5 Å². The first-order valence-electron chi connectivity index (χ1n) is 5.01. The summed E-state index contributed by atoms with van der Waals surface area (Å²) in [6.45, 7) is 2.44. The Balaban J connectivity index is 2.49. The molecular weight excluding hydrogens is 249 g/mol. The van der Waals surface area contributed by atoms with E-state index in [9.17, 15) is 4.79 Å². The molecule has 0 atom stereocenters. The number of anilines is 1. The van der Waals surface area contributed by atoms with Gasteiger partial charge in [0.05, 0.1) is 6.61 Å². The number of halogens is 2. The number of rotatable bonds is 4. The fraction of sp³-hybridized carbons (Fsp3) is 0.364. The Morgan fingerprint density at radius 3 is 2.50 bits per heavy atom. The van der Waals surface area contributed by atoms with Crippen LogP contribution in [-0.4, -0.2) is 12.7 Å². The van der Waals surface area contributed by atoms with Gasteiger partial charge in [0.15, 0.2) is 0 Å². The van der Waals surface area contributed by atoms with Crippen molar-refractivity contribution in [2.45, 2.75) is 19.8 Å². The van der Waals surface area contributed by atoms with Gasteiger partial charge in [-0.05, 0) is 24.6 Å². The van der Waals surface area contributed by atoms with Crippen molar-refractivity contribution in [3.05, 3.63) is 28.2 Å². The highest BCUT2D eigenvalue weighted by molar-refractivity contribution is 6.35. The zero-order chi connectivity index (χ0) is 12.0. The largest absolute Gasteiger partial charge is 0.449 e. The number of ether oxygens (including phenoxy) is 1. The highest BCUT2D eigenvalue weighted by Crippen LogP contribution is 2.22. The van der Waals surface area contributed by atoms with Gasteiger partial charge in [-0.25, -0.2) is 4.79 Å². The number of unbranched alkanes of at least 4 members (excludes halogenated alkanes) is 1. The van der Waals surface area contributed by atoms with Gasteiger partial charge >= 0.3 is 6.09 Å². The van der Waals surface area contributed by atoms with Gasteiger partial charge in [-0.2, -0.15) is 0 Å². The minimum atomic E-state index is -0.494. The predicted molar refractivity (Wildman–Crippen MR) is 66.3 cm³/mol. The molecule has 1 amide bonds. The third-order valence-electron chi connectivity index (χ3n) is 1.84. The van der Waals surface area contributed by atoms with Crippen LogP contribution >= 0.6 is 23.2 Å². The summed E-state index contributed by atoms with van der Waals surface area (Å²) in [6, 6.07) is 4.81. The lowest BCUT2D eigenvalue weighted by atomic mass is 10.3. The summed E-state index contributed by atoms with van der Waals surface area (Å²) >= 11 is 11.6. The van der Waals surface area contributed by atoms with E-state index in [1.807, 2.05) is 6.92 Å². The van der Waals surface area contributed by atoms with Gasteiger partial charge in [0.1, 0.15) is 0 Å². The molecule has 0 saturated heterocycles. The molecule has 88 valence electrons. The first-order valence-corrected chi connectivity index (χ1v) is 5.77. The van der Waals surface area contributed by atoms with E-state index in [1.165, 1.54) is 0 Å². The Hall–Kier alpha value is -0.930. The van der Waals surface area contributed by atoms with Crippen LogP contribution in [0, 0.1) is 0 Å². The highest BCUT2D eigenvalue weighted by atomic mass is 35.5. The van der Waals surface area contributed by atoms with Crippen molar-refractivity contribution in [2.24, 2.45) is 0 Å². The summed E-state index contributed by atoms with van der Waals surface area (Å²) in [5, 5.41) is 3.49. The summed E-state index contributed by atoms with van der Waals surface area (Å²) in [6.07, 6.45) is 1.34. The highest BCUT2D eigenvalue weighted by Gasteiger charge is 2.04. The molecule has 1 rings (SSSR count). The smallest absolute Gasteiger partial charge is 0.411 e. The van der Waals surface area contributed by atoms with E-state index in [0.717, 1.165) is 12.8 Å². The van der Waals surface area contributed by atoms with Gasteiger partial charge in [-0.15, -0.1) is 0 Å². The normalized spacial score (nSPS) is 9.94. The third kappa shape index (κ3) is 4.73. The van der Waals surface area contributed by atoms with Crippen LogP contribution in [-0.2, 0) is 4.74 Å². The first-order chi connectivity index (χ1) is 7.61. The lowest BCUT2D eigenvalue weighted by molar-refractivity contribution is 0.160. The zero-order valence-electron chi connectivity index (χ0n) is 8.93. The van der Waals surface area contributed by atoms with Crippen molar-refractivity contribution in [2.75, 3.05) is 11.9 Å². The van der Waals surface area contributed by atoms with E-state index >= 15 is 0 Å². The molecule has 0 saturated carbocycles. The molecule has 1 aromatic carbocycles. The molecule has 0 aliphatic rings. The molecular formula is C11H13Cl2NO2. The van der Waals surface area contributed by atoms with E-state index in [2.05, 4.69) is 5.32 Å². The molecule has 0 fully saturated rings. The van der Waals surface area contributed by atoms with Crippen LogP contribution < -0.4 is 5.32 Å². The number of carbonyl (C=O) groups is 1. The summed E-state index contributed by atoms with van der Waals surface area (Å²) in [5.74, 6) is 0. The van der Waals surface area contributed by atoms with Crippen molar-refractivity contribution in [3.8, 4) is 0 Å². The molecule has 3 nitrogen and oxygen atoms in total. The lowest BCUT2D eigenvalue weighted by Crippen LogP contribution is -2.14. The second-order valence-corrected chi connectivity index (χ2v) is 4.15. The Morgan fingerprint density at radius 2 is 1.94 bits per heavy atom. The number of hydrogen-bond acceptors (Lipinski definition) is 2. The molecule has 0 aliphatic carbocycles. The van der Waals surface area contributed by atoms with Gasteiger partial charge in [-0.3, -0.25) is 5.32 Å². The molecule has 1 N–H and O–H groups in total. The van der Waals surface area contributed by atoms with Crippen LogP contribution in [0.3, 0.4) is 0 Å². The van der Waals surface area contributed by atoms with Gasteiger partial charge in [0, 0.05) is 15.7 Å². The molecule has 0 heterocycles. The Morgan fingerprint density at radius 1 is 1.31 bits per heavy atom. The van der Waals surface area contributed by atoms with Crippen LogP contribution in [0.15, 0.2) is 18.2 Å². The van der Waals surface area contributed by atoms with Crippen molar-refractivity contribution < 1.29 is 9.53 Å². The summed E-state index contributed by atoms with van der Waals surface area (Å²) in [5.41, 5.74) is 0.527. The lowest BCUT2D eigenvalue weighted by Gasteiger charge is -2.07. The van der Waals surface area contributed by atoms with Crippen LogP contribution in [0.2, 0.25) is 10.0 Å². The zero-order valence-corrected chi connectivity index (χ0v) is 10.4. The average Bonchev–Trinajstić information content (AvgIpc) is 2.16. The van der Waals surface area contributed by atoms with E-state index < -0.39 is 6.09 Å². The SMILES string of the molecule is CCCCOC(=O)Nc1cc(Cl)cc(Cl)c1. The minimum Gasteiger partial charge on any atom is -0.449 e. The monoisotopic (exact) mass is 261 g/mol. The van der Waals surface area contributed by atoms with Crippen LogP contribution in [0.25, 0.3) is 0 Å². The van der Waals surface area contributed by atoms with Crippen LogP contribution in [0.1, 0.15) is 19.8 Å². The van der Waals surface area contributed by atoms with Crippen LogP contribution in [0.5, 0.6) is 0 Å². The number of hydrogen-bond donors (Lipinski definition) is 1. The molecule has 0 spiro atoms. The summed E-state index contributed by atoms with van der Waals surface area (Å²) < 4.78 is 4.93. The maximum absolute atomic E-state index is 11.3. The second-order valence-electron chi connectivity index (χ2n) is 3.27. The molecule has 0 unspecified atom stereocenters. The Bertz CT molecular complexity index is 349. The van der Waals surface area contributed by atoms with E-state index in [0.29, 0.717) is 22.3 Å². The van der Waals surface area contributed by atoms with Crippen molar-refractivity contribution in [3.63, 3.8) is 0 Å². The fourth-order valence-electron chi connectivity index (χ4n) is 1.09. The molecule has 0 bridgehead atoms. The van der Waals surface area contributed by atoms with E-state index in [-0.39, 0.29) is 0 Å². The van der Waals surface area contributed by atoms with Crippen molar-refractivity contribution in [1.82, 2.24) is 0 Å². The van der Waals surface area contributed by atoms with Gasteiger partial charge < -0.3 is 4.74 Å². The molecule has 0 radical (unpaired) electrons. The standard InChI is InChI=1S/C11H13Cl2NO2/c1-2-3-4-16-11(15)14-10-6-8(12)5-9(13)7-10/h5-7H,2-4H2,1H3,(H,14,15). The Labute approximate surface area is 105 Å². The second kappa shape index (κ2) is 6.61.